The monoisotopic (exact) mass is 534 g/mol. The van der Waals surface area contributed by atoms with Gasteiger partial charge in [-0.15, -0.1) is 5.10 Å². The van der Waals surface area contributed by atoms with Crippen molar-refractivity contribution in [1.82, 2.24) is 25.3 Å². The molecule has 0 bridgehead atoms. The lowest BCUT2D eigenvalue weighted by molar-refractivity contribution is -0.128. The summed E-state index contributed by atoms with van der Waals surface area (Å²) in [5.74, 6) is -0.532. The van der Waals surface area contributed by atoms with E-state index in [4.69, 9.17) is 0 Å². The van der Waals surface area contributed by atoms with Crippen molar-refractivity contribution in [3.05, 3.63) is 95.7 Å². The van der Waals surface area contributed by atoms with Crippen LogP contribution in [0, 0.1) is 13.8 Å². The van der Waals surface area contributed by atoms with Crippen LogP contribution in [0.25, 0.3) is 21.9 Å². The first-order valence-corrected chi connectivity index (χ1v) is 13.5. The van der Waals surface area contributed by atoms with Crippen LogP contribution in [0.2, 0.25) is 0 Å². The Kier molecular flexibility index (Phi) is 7.34. The molecule has 0 aliphatic carbocycles. The Morgan fingerprint density at radius 3 is 2.55 bits per heavy atom. The number of pyridine rings is 1. The Balaban J connectivity index is 1.67. The molecule has 204 valence electrons. The third kappa shape index (κ3) is 5.43. The smallest absolute Gasteiger partial charge is 0.249 e. The van der Waals surface area contributed by atoms with Crippen LogP contribution in [-0.4, -0.2) is 37.3 Å². The number of benzene rings is 3. The van der Waals surface area contributed by atoms with E-state index < -0.39 is 11.6 Å². The Bertz CT molecular complexity index is 1710. The van der Waals surface area contributed by atoms with Gasteiger partial charge in [0.1, 0.15) is 18.1 Å². The van der Waals surface area contributed by atoms with Gasteiger partial charge >= 0.3 is 0 Å². The molecule has 0 spiro atoms. The van der Waals surface area contributed by atoms with Gasteiger partial charge in [0.25, 0.3) is 0 Å². The van der Waals surface area contributed by atoms with Gasteiger partial charge in [-0.25, -0.2) is 4.68 Å². The minimum atomic E-state index is -0.931. The lowest BCUT2D eigenvalue weighted by Gasteiger charge is -2.35. The van der Waals surface area contributed by atoms with Crippen molar-refractivity contribution in [1.29, 1.82) is 0 Å². The summed E-state index contributed by atoms with van der Waals surface area (Å²) in [5, 5.41) is 12.6. The van der Waals surface area contributed by atoms with Crippen molar-refractivity contribution >= 4 is 39.4 Å². The number of aromatic nitrogens is 4. The summed E-state index contributed by atoms with van der Waals surface area (Å²) in [5.41, 5.74) is 5.14. The molecule has 0 radical (unpaired) electrons. The highest BCUT2D eigenvalue weighted by Crippen LogP contribution is 2.33. The fraction of sp³-hybridized carbons (Fsp3) is 0.281. The molecule has 8 nitrogen and oxygen atoms in total. The summed E-state index contributed by atoms with van der Waals surface area (Å²) in [6.07, 6.45) is 2.47. The number of anilines is 1. The van der Waals surface area contributed by atoms with E-state index in [2.05, 4.69) is 20.6 Å². The van der Waals surface area contributed by atoms with Crippen molar-refractivity contribution < 1.29 is 9.59 Å². The van der Waals surface area contributed by atoms with Crippen molar-refractivity contribution in [2.24, 2.45) is 0 Å². The highest BCUT2D eigenvalue weighted by molar-refractivity contribution is 6.02. The maximum Gasteiger partial charge on any atom is 0.249 e. The molecule has 0 fully saturated rings. The van der Waals surface area contributed by atoms with Gasteiger partial charge in [0.05, 0.1) is 11.0 Å². The first-order valence-electron chi connectivity index (χ1n) is 13.5. The highest BCUT2D eigenvalue weighted by atomic mass is 16.2. The van der Waals surface area contributed by atoms with Crippen molar-refractivity contribution in [2.45, 2.75) is 59.2 Å². The molecule has 2 amide bonds. The normalized spacial score (nSPS) is 12.4. The predicted molar refractivity (Wildman–Crippen MR) is 158 cm³/mol. The number of amides is 2. The molecule has 5 rings (SSSR count). The molecular weight excluding hydrogens is 500 g/mol. The number of hydrogen-bond acceptors (Lipinski definition) is 5. The molecule has 3 aromatic carbocycles. The van der Waals surface area contributed by atoms with Gasteiger partial charge in [-0.05, 0) is 81.6 Å². The van der Waals surface area contributed by atoms with E-state index in [1.165, 1.54) is 0 Å². The summed E-state index contributed by atoms with van der Waals surface area (Å²) in [6.45, 7) is 9.88. The van der Waals surface area contributed by atoms with Gasteiger partial charge in [-0.3, -0.25) is 19.5 Å². The fourth-order valence-electron chi connectivity index (χ4n) is 4.90. The number of hydrogen-bond donors (Lipinski definition) is 1. The van der Waals surface area contributed by atoms with E-state index in [0.29, 0.717) is 16.8 Å². The second-order valence-electron chi connectivity index (χ2n) is 10.9. The zero-order chi connectivity index (χ0) is 28.4. The molecule has 40 heavy (non-hydrogen) atoms. The van der Waals surface area contributed by atoms with Crippen molar-refractivity contribution in [2.75, 3.05) is 4.90 Å². The van der Waals surface area contributed by atoms with E-state index in [1.807, 2.05) is 107 Å². The van der Waals surface area contributed by atoms with Gasteiger partial charge < -0.3 is 5.32 Å². The topological polar surface area (TPSA) is 93.0 Å². The summed E-state index contributed by atoms with van der Waals surface area (Å²) in [4.78, 5) is 34.6. The van der Waals surface area contributed by atoms with Crippen LogP contribution in [0.4, 0.5) is 5.69 Å². The summed E-state index contributed by atoms with van der Waals surface area (Å²) in [6, 6.07) is 22.0. The largest absolute Gasteiger partial charge is 0.349 e. The van der Waals surface area contributed by atoms with Crippen LogP contribution < -0.4 is 10.2 Å². The van der Waals surface area contributed by atoms with Crippen LogP contribution >= 0.6 is 0 Å². The molecule has 2 heterocycles. The minimum absolute atomic E-state index is 0.0794. The highest BCUT2D eigenvalue weighted by Gasteiger charge is 2.36. The first-order chi connectivity index (χ1) is 19.2. The van der Waals surface area contributed by atoms with Crippen molar-refractivity contribution in [3.8, 4) is 0 Å². The molecule has 0 saturated carbocycles. The quantitative estimate of drug-likeness (QED) is 0.277. The second-order valence-corrected chi connectivity index (χ2v) is 10.9. The molecule has 1 atom stereocenters. The van der Waals surface area contributed by atoms with E-state index in [-0.39, 0.29) is 18.4 Å². The first kappa shape index (κ1) is 27.0. The lowest BCUT2D eigenvalue weighted by atomic mass is 9.96. The molecule has 2 aromatic heterocycles. The minimum Gasteiger partial charge on any atom is -0.349 e. The molecular formula is C32H34N6O2. The number of carbonyl (C=O) groups excluding carboxylic acids is 2. The summed E-state index contributed by atoms with van der Waals surface area (Å²) >= 11 is 0. The molecule has 8 heteroatoms. The number of carbonyl (C=O) groups is 2. The van der Waals surface area contributed by atoms with Crippen LogP contribution in [0.1, 0.15) is 49.9 Å². The number of aryl methyl sites for hydroxylation is 2. The van der Waals surface area contributed by atoms with Crippen LogP contribution in [0.15, 0.2) is 79.0 Å². The van der Waals surface area contributed by atoms with Crippen LogP contribution in [0.3, 0.4) is 0 Å². The maximum atomic E-state index is 14.4. The van der Waals surface area contributed by atoms with E-state index >= 15 is 0 Å². The van der Waals surface area contributed by atoms with Gasteiger partial charge in [-0.2, -0.15) is 0 Å². The van der Waals surface area contributed by atoms with Gasteiger partial charge in [0.2, 0.25) is 11.8 Å². The Morgan fingerprint density at radius 2 is 1.77 bits per heavy atom. The van der Waals surface area contributed by atoms with E-state index in [0.717, 1.165) is 34.0 Å². The molecule has 0 aliphatic heterocycles. The lowest BCUT2D eigenvalue weighted by Crippen LogP contribution is -2.51. The molecule has 5 aromatic rings. The zero-order valence-electron chi connectivity index (χ0n) is 23.5. The molecule has 0 unspecified atom stereocenters. The Morgan fingerprint density at radius 1 is 0.975 bits per heavy atom. The maximum absolute atomic E-state index is 14.4. The van der Waals surface area contributed by atoms with Gasteiger partial charge in [-0.1, -0.05) is 54.1 Å². The average molecular weight is 535 g/mol. The molecule has 1 N–H and O–H groups in total. The average Bonchev–Trinajstić information content (AvgIpc) is 3.34. The number of fused-ring (bicyclic) bond motifs is 2. The standard InChI is InChI=1S/C32H34N6O2/c1-6-32(4,5)34-31(40)30(24-14-15-25-23(19-24)10-9-17-33-25)38(27-16-13-21(2)18-22(27)3)29(39)20-37-28-12-8-7-11-26(28)35-36-37/h7-19,30H,6,20H2,1-5H3,(H,34,40)/t30-/m0/s1. The van der Waals surface area contributed by atoms with E-state index in [1.54, 1.807) is 15.8 Å². The third-order valence-electron chi connectivity index (χ3n) is 7.38. The molecule has 0 aliphatic rings. The van der Waals surface area contributed by atoms with Crippen molar-refractivity contribution in [3.63, 3.8) is 0 Å². The van der Waals surface area contributed by atoms with Crippen LogP contribution in [-0.2, 0) is 16.1 Å². The van der Waals surface area contributed by atoms with Crippen LogP contribution in [0.5, 0.6) is 0 Å². The van der Waals surface area contributed by atoms with E-state index in [9.17, 15) is 9.59 Å². The summed E-state index contributed by atoms with van der Waals surface area (Å²) in [7, 11) is 0. The van der Waals surface area contributed by atoms with Gasteiger partial charge in [0.15, 0.2) is 0 Å². The predicted octanol–water partition coefficient (Wildman–Crippen LogP) is 5.68. The fourth-order valence-corrected chi connectivity index (χ4v) is 4.90. The Labute approximate surface area is 234 Å². The number of nitrogens with zero attached hydrogens (tertiary/aromatic N) is 5. The second kappa shape index (κ2) is 10.9. The third-order valence-corrected chi connectivity index (χ3v) is 7.38. The number of rotatable bonds is 8. The molecule has 0 saturated heterocycles. The Hall–Kier alpha value is -4.59. The summed E-state index contributed by atoms with van der Waals surface area (Å²) < 4.78 is 1.59. The SMILES string of the molecule is CCC(C)(C)NC(=O)[C@H](c1ccc2ncccc2c1)N(C(=O)Cn1nnc2ccccc21)c1ccc(C)cc1C. The number of nitrogens with one attached hydrogen (secondary N) is 1. The zero-order valence-corrected chi connectivity index (χ0v) is 23.5. The number of para-hydroxylation sites is 1. The van der Waals surface area contributed by atoms with Gasteiger partial charge in [0, 0.05) is 22.8 Å².